The van der Waals surface area contributed by atoms with Gasteiger partial charge in [0.15, 0.2) is 0 Å². The van der Waals surface area contributed by atoms with Crippen LogP contribution in [0.4, 0.5) is 5.69 Å². The van der Waals surface area contributed by atoms with Gasteiger partial charge in [0, 0.05) is 17.5 Å². The van der Waals surface area contributed by atoms with Gasteiger partial charge in [0.25, 0.3) is 0 Å². The van der Waals surface area contributed by atoms with E-state index in [1.807, 2.05) is 31.4 Å². The van der Waals surface area contributed by atoms with Crippen molar-refractivity contribution in [1.29, 1.82) is 0 Å². The molecule has 0 saturated carbocycles. The Morgan fingerprint density at radius 3 is 2.48 bits per heavy atom. The number of hydrogen-bond donors (Lipinski definition) is 1. The maximum Gasteiger partial charge on any atom is 0.245 e. The fraction of sp³-hybridized carbons (Fsp3) is 0.333. The summed E-state index contributed by atoms with van der Waals surface area (Å²) in [4.78, 5) is 1.23. The molecular formula is C15H20N2O2S2. The van der Waals surface area contributed by atoms with E-state index in [1.165, 1.54) is 4.31 Å². The highest BCUT2D eigenvalue weighted by molar-refractivity contribution is 7.89. The topological polar surface area (TPSA) is 63.4 Å². The fourth-order valence-corrected chi connectivity index (χ4v) is 4.97. The summed E-state index contributed by atoms with van der Waals surface area (Å²) in [7, 11) is -3.62. The number of aryl methyl sites for hydroxylation is 1. The molecule has 0 aliphatic carbocycles. The Bertz CT molecular complexity index is 687. The molecule has 0 aliphatic heterocycles. The van der Waals surface area contributed by atoms with Crippen molar-refractivity contribution < 1.29 is 8.42 Å². The Labute approximate surface area is 130 Å². The quantitative estimate of drug-likeness (QED) is 0.859. The SMILES string of the molecule is Cc1cccc(N)c1S(=O)(=O)N(Cc1cccs1)C(C)C. The van der Waals surface area contributed by atoms with Gasteiger partial charge in [-0.15, -0.1) is 11.3 Å². The Hall–Kier alpha value is -1.37. The second-order valence-corrected chi connectivity index (χ2v) is 8.08. The lowest BCUT2D eigenvalue weighted by molar-refractivity contribution is 0.350. The van der Waals surface area contributed by atoms with E-state index in [9.17, 15) is 8.42 Å². The first-order chi connectivity index (χ1) is 9.84. The lowest BCUT2D eigenvalue weighted by Crippen LogP contribution is -2.36. The van der Waals surface area contributed by atoms with Gasteiger partial charge in [-0.2, -0.15) is 4.31 Å². The molecule has 0 amide bonds. The third kappa shape index (κ3) is 3.28. The highest BCUT2D eigenvalue weighted by Gasteiger charge is 2.30. The number of nitrogens with two attached hydrogens (primary N) is 1. The molecule has 0 unspecified atom stereocenters. The Balaban J connectivity index is 2.48. The Kier molecular flexibility index (Phi) is 4.70. The van der Waals surface area contributed by atoms with Crippen LogP contribution in [-0.2, 0) is 16.6 Å². The van der Waals surface area contributed by atoms with Gasteiger partial charge in [-0.25, -0.2) is 8.42 Å². The van der Waals surface area contributed by atoms with E-state index < -0.39 is 10.0 Å². The summed E-state index contributed by atoms with van der Waals surface area (Å²) < 4.78 is 27.5. The van der Waals surface area contributed by atoms with E-state index in [-0.39, 0.29) is 10.9 Å². The molecule has 6 heteroatoms. The van der Waals surface area contributed by atoms with Crippen LogP contribution < -0.4 is 5.73 Å². The third-order valence-electron chi connectivity index (χ3n) is 3.28. The van der Waals surface area contributed by atoms with Crippen molar-refractivity contribution in [3.63, 3.8) is 0 Å². The number of hydrogen-bond acceptors (Lipinski definition) is 4. The molecule has 0 fully saturated rings. The van der Waals surface area contributed by atoms with Crippen LogP contribution in [-0.4, -0.2) is 18.8 Å². The van der Waals surface area contributed by atoms with E-state index >= 15 is 0 Å². The van der Waals surface area contributed by atoms with E-state index in [0.29, 0.717) is 17.8 Å². The zero-order chi connectivity index (χ0) is 15.6. The van der Waals surface area contributed by atoms with E-state index in [2.05, 4.69) is 0 Å². The molecular weight excluding hydrogens is 304 g/mol. The summed E-state index contributed by atoms with van der Waals surface area (Å²) in [6.07, 6.45) is 0. The fourth-order valence-electron chi connectivity index (χ4n) is 2.25. The van der Waals surface area contributed by atoms with Crippen molar-refractivity contribution in [2.24, 2.45) is 0 Å². The van der Waals surface area contributed by atoms with Crippen molar-refractivity contribution in [3.8, 4) is 0 Å². The molecule has 0 atom stereocenters. The number of benzene rings is 1. The first kappa shape index (κ1) is 16.0. The van der Waals surface area contributed by atoms with Gasteiger partial charge in [0.05, 0.1) is 5.69 Å². The minimum atomic E-state index is -3.62. The molecule has 0 radical (unpaired) electrons. The van der Waals surface area contributed by atoms with Crippen LogP contribution in [0.15, 0.2) is 40.6 Å². The van der Waals surface area contributed by atoms with Gasteiger partial charge in [-0.1, -0.05) is 18.2 Å². The van der Waals surface area contributed by atoms with Crippen molar-refractivity contribution in [2.45, 2.75) is 38.3 Å². The highest BCUT2D eigenvalue weighted by atomic mass is 32.2. The van der Waals surface area contributed by atoms with Crippen molar-refractivity contribution in [3.05, 3.63) is 46.2 Å². The average molecular weight is 324 g/mol. The van der Waals surface area contributed by atoms with Gasteiger partial charge < -0.3 is 5.73 Å². The molecule has 0 saturated heterocycles. The normalized spacial score (nSPS) is 12.2. The zero-order valence-electron chi connectivity index (χ0n) is 12.4. The number of nitrogens with zero attached hydrogens (tertiary/aromatic N) is 1. The van der Waals surface area contributed by atoms with Crippen LogP contribution in [0.1, 0.15) is 24.3 Å². The number of thiophene rings is 1. The largest absolute Gasteiger partial charge is 0.398 e. The first-order valence-corrected chi connectivity index (χ1v) is 9.05. The lowest BCUT2D eigenvalue weighted by atomic mass is 10.2. The molecule has 0 spiro atoms. The average Bonchev–Trinajstić information content (AvgIpc) is 2.87. The van der Waals surface area contributed by atoms with Crippen LogP contribution in [0, 0.1) is 6.92 Å². The second-order valence-electron chi connectivity index (χ2n) is 5.22. The summed E-state index contributed by atoms with van der Waals surface area (Å²) >= 11 is 1.55. The van der Waals surface area contributed by atoms with Crippen molar-refractivity contribution in [2.75, 3.05) is 5.73 Å². The second kappa shape index (κ2) is 6.17. The van der Waals surface area contributed by atoms with Crippen molar-refractivity contribution >= 4 is 27.0 Å². The molecule has 114 valence electrons. The zero-order valence-corrected chi connectivity index (χ0v) is 14.0. The monoisotopic (exact) mass is 324 g/mol. The van der Waals surface area contributed by atoms with Crippen molar-refractivity contribution in [1.82, 2.24) is 4.31 Å². The van der Waals surface area contributed by atoms with Crippen LogP contribution >= 0.6 is 11.3 Å². The maximum absolute atomic E-state index is 13.0. The van der Waals surface area contributed by atoms with Gasteiger partial charge in [0.2, 0.25) is 10.0 Å². The number of nitrogen functional groups attached to an aromatic ring is 1. The molecule has 0 aliphatic rings. The van der Waals surface area contributed by atoms with E-state index in [1.54, 1.807) is 36.5 Å². The predicted molar refractivity (Wildman–Crippen MR) is 87.8 cm³/mol. The third-order valence-corrected chi connectivity index (χ3v) is 6.38. The van der Waals surface area contributed by atoms with Crippen LogP contribution in [0.3, 0.4) is 0 Å². The highest BCUT2D eigenvalue weighted by Crippen LogP contribution is 2.29. The Morgan fingerprint density at radius 1 is 1.24 bits per heavy atom. The van der Waals surface area contributed by atoms with Crippen LogP contribution in [0.2, 0.25) is 0 Å². The molecule has 21 heavy (non-hydrogen) atoms. The number of sulfonamides is 1. The van der Waals surface area contributed by atoms with Crippen LogP contribution in [0.25, 0.3) is 0 Å². The van der Waals surface area contributed by atoms with Gasteiger partial charge in [0.1, 0.15) is 4.90 Å². The minimum Gasteiger partial charge on any atom is -0.398 e. The first-order valence-electron chi connectivity index (χ1n) is 6.73. The van der Waals surface area contributed by atoms with Gasteiger partial charge >= 0.3 is 0 Å². The summed E-state index contributed by atoms with van der Waals surface area (Å²) in [5.41, 5.74) is 6.89. The lowest BCUT2D eigenvalue weighted by Gasteiger charge is -2.26. The molecule has 1 heterocycles. The molecule has 1 aromatic heterocycles. The molecule has 2 aromatic rings. The standard InChI is InChI=1S/C15H20N2O2S2/c1-11(2)17(10-13-7-5-9-20-13)21(18,19)15-12(3)6-4-8-14(15)16/h4-9,11H,10,16H2,1-3H3. The summed E-state index contributed by atoms with van der Waals surface area (Å²) in [6.45, 7) is 5.89. The number of anilines is 1. The van der Waals surface area contributed by atoms with Gasteiger partial charge in [-0.3, -0.25) is 0 Å². The maximum atomic E-state index is 13.0. The molecule has 4 nitrogen and oxygen atoms in total. The Morgan fingerprint density at radius 2 is 1.95 bits per heavy atom. The number of rotatable bonds is 5. The summed E-state index contributed by atoms with van der Waals surface area (Å²) in [5, 5.41) is 1.95. The van der Waals surface area contributed by atoms with E-state index in [0.717, 1.165) is 4.88 Å². The minimum absolute atomic E-state index is 0.142. The summed E-state index contributed by atoms with van der Waals surface area (Å²) in [6, 6.07) is 8.89. The molecule has 1 aromatic carbocycles. The molecule has 2 rings (SSSR count). The molecule has 0 bridgehead atoms. The van der Waals surface area contributed by atoms with Crippen LogP contribution in [0.5, 0.6) is 0 Å². The molecule has 2 N–H and O–H groups in total. The predicted octanol–water partition coefficient (Wildman–Crippen LogP) is 3.24. The smallest absolute Gasteiger partial charge is 0.245 e. The summed E-state index contributed by atoms with van der Waals surface area (Å²) in [5.74, 6) is 0. The van der Waals surface area contributed by atoms with E-state index in [4.69, 9.17) is 5.73 Å². The van der Waals surface area contributed by atoms with Gasteiger partial charge in [-0.05, 0) is 43.8 Å².